The van der Waals surface area contributed by atoms with Crippen LogP contribution in [0.4, 0.5) is 5.69 Å². The van der Waals surface area contributed by atoms with Gasteiger partial charge in [0, 0.05) is 48.8 Å². The second-order valence-corrected chi connectivity index (χ2v) is 8.17. The molecule has 0 spiro atoms. The third-order valence-electron chi connectivity index (χ3n) is 5.46. The maximum absolute atomic E-state index is 11.8. The fourth-order valence-electron chi connectivity index (χ4n) is 4.20. The maximum Gasteiger partial charge on any atom is 0.277 e. The summed E-state index contributed by atoms with van der Waals surface area (Å²) in [6.45, 7) is 0. The van der Waals surface area contributed by atoms with Crippen molar-refractivity contribution >= 4 is 59.0 Å². The second-order valence-electron chi connectivity index (χ2n) is 7.09. The molecule has 5 nitrogen and oxygen atoms in total. The van der Waals surface area contributed by atoms with Crippen LogP contribution in [0.1, 0.15) is 0 Å². The molecule has 6 aromatic rings. The summed E-state index contributed by atoms with van der Waals surface area (Å²) in [6.07, 6.45) is 3.52. The van der Waals surface area contributed by atoms with Crippen LogP contribution in [-0.2, 0) is 0 Å². The summed E-state index contributed by atoms with van der Waals surface area (Å²) in [5.74, 6) is 0. The molecule has 6 rings (SSSR count). The third kappa shape index (κ3) is 2.34. The molecule has 0 atom stereocenters. The Labute approximate surface area is 174 Å². The van der Waals surface area contributed by atoms with Crippen LogP contribution >= 0.6 is 11.3 Å². The van der Waals surface area contributed by atoms with Crippen molar-refractivity contribution in [2.75, 3.05) is 0 Å². The maximum atomic E-state index is 11.8. The molecule has 0 bridgehead atoms. The van der Waals surface area contributed by atoms with Crippen molar-refractivity contribution in [3.05, 3.63) is 89.2 Å². The zero-order valence-corrected chi connectivity index (χ0v) is 16.4. The Morgan fingerprint density at radius 1 is 0.800 bits per heavy atom. The van der Waals surface area contributed by atoms with Crippen LogP contribution in [0.25, 0.3) is 53.1 Å². The van der Waals surface area contributed by atoms with Gasteiger partial charge in [0.05, 0.1) is 27.7 Å². The SMILES string of the molecule is O=[N+]([O-])c1ccccc1-c1cc2sc3ccccc3c2c2ncc3ncccc3c12. The molecule has 0 aliphatic rings. The minimum absolute atomic E-state index is 0.0835. The molecule has 0 fully saturated rings. The van der Waals surface area contributed by atoms with Gasteiger partial charge in [-0.2, -0.15) is 0 Å². The first-order valence-corrected chi connectivity index (χ1v) is 10.3. The van der Waals surface area contributed by atoms with Gasteiger partial charge in [0.2, 0.25) is 0 Å². The molecule has 0 N–H and O–H groups in total. The monoisotopic (exact) mass is 407 g/mol. The summed E-state index contributed by atoms with van der Waals surface area (Å²) in [6, 6.07) is 21.1. The number of fused-ring (bicyclic) bond motifs is 7. The van der Waals surface area contributed by atoms with E-state index < -0.39 is 0 Å². The van der Waals surface area contributed by atoms with Crippen LogP contribution in [0, 0.1) is 10.1 Å². The molecule has 0 unspecified atom stereocenters. The Morgan fingerprint density at radius 2 is 1.60 bits per heavy atom. The van der Waals surface area contributed by atoms with E-state index in [0.717, 1.165) is 42.8 Å². The molecule has 142 valence electrons. The van der Waals surface area contributed by atoms with E-state index in [2.05, 4.69) is 23.2 Å². The molecule has 30 heavy (non-hydrogen) atoms. The van der Waals surface area contributed by atoms with Crippen LogP contribution in [0.5, 0.6) is 0 Å². The number of benzene rings is 3. The molecule has 0 aliphatic carbocycles. The fourth-order valence-corrected chi connectivity index (χ4v) is 5.35. The number of nitro groups is 1. The molecule has 3 aromatic carbocycles. The van der Waals surface area contributed by atoms with Gasteiger partial charge in [-0.3, -0.25) is 20.1 Å². The van der Waals surface area contributed by atoms with Crippen molar-refractivity contribution in [3.63, 3.8) is 0 Å². The van der Waals surface area contributed by atoms with Crippen molar-refractivity contribution in [2.24, 2.45) is 0 Å². The highest BCUT2D eigenvalue weighted by Gasteiger charge is 2.21. The first-order valence-electron chi connectivity index (χ1n) is 9.44. The standard InChI is InChI=1S/C24H13N3O2S/c28-27(29)19-9-3-1-6-14(19)17-12-21-23(16-7-2-4-10-20(16)30-21)24-22(17)15-8-5-11-25-18(15)13-26-24/h1-13H. The highest BCUT2D eigenvalue weighted by molar-refractivity contribution is 7.26. The highest BCUT2D eigenvalue weighted by Crippen LogP contribution is 2.45. The average molecular weight is 407 g/mol. The van der Waals surface area contributed by atoms with E-state index in [1.54, 1.807) is 41.9 Å². The summed E-state index contributed by atoms with van der Waals surface area (Å²) in [7, 11) is 0. The Kier molecular flexibility index (Phi) is 3.57. The lowest BCUT2D eigenvalue weighted by Crippen LogP contribution is -1.94. The quantitative estimate of drug-likeness (QED) is 0.181. The number of hydrogen-bond acceptors (Lipinski definition) is 5. The number of para-hydroxylation sites is 1. The van der Waals surface area contributed by atoms with E-state index in [0.29, 0.717) is 5.56 Å². The van der Waals surface area contributed by atoms with Crippen LogP contribution in [-0.4, -0.2) is 14.9 Å². The van der Waals surface area contributed by atoms with Gasteiger partial charge in [0.25, 0.3) is 5.69 Å². The number of nitrogens with zero attached hydrogens (tertiary/aromatic N) is 3. The van der Waals surface area contributed by atoms with Gasteiger partial charge < -0.3 is 0 Å². The van der Waals surface area contributed by atoms with Crippen molar-refractivity contribution in [2.45, 2.75) is 0 Å². The van der Waals surface area contributed by atoms with Gasteiger partial charge in [-0.1, -0.05) is 36.4 Å². The number of thiophene rings is 1. The average Bonchev–Trinajstić information content (AvgIpc) is 3.17. The molecule has 0 radical (unpaired) electrons. The lowest BCUT2D eigenvalue weighted by molar-refractivity contribution is -0.384. The highest BCUT2D eigenvalue weighted by atomic mass is 32.1. The van der Waals surface area contributed by atoms with Crippen molar-refractivity contribution in [3.8, 4) is 11.1 Å². The van der Waals surface area contributed by atoms with E-state index in [1.165, 1.54) is 4.70 Å². The first kappa shape index (κ1) is 17.0. The van der Waals surface area contributed by atoms with E-state index in [1.807, 2.05) is 30.3 Å². The zero-order chi connectivity index (χ0) is 20.2. The normalized spacial score (nSPS) is 11.6. The van der Waals surface area contributed by atoms with Crippen molar-refractivity contribution in [1.82, 2.24) is 9.97 Å². The van der Waals surface area contributed by atoms with E-state index >= 15 is 0 Å². The van der Waals surface area contributed by atoms with Gasteiger partial charge in [-0.05, 0) is 24.3 Å². The van der Waals surface area contributed by atoms with Gasteiger partial charge in [0.1, 0.15) is 0 Å². The summed E-state index contributed by atoms with van der Waals surface area (Å²) < 4.78 is 2.23. The lowest BCUT2D eigenvalue weighted by atomic mass is 9.94. The van der Waals surface area contributed by atoms with E-state index in [4.69, 9.17) is 4.98 Å². The molecular formula is C24H13N3O2S. The van der Waals surface area contributed by atoms with Gasteiger partial charge in [-0.15, -0.1) is 11.3 Å². The molecule has 6 heteroatoms. The Hall–Kier alpha value is -3.90. The second kappa shape index (κ2) is 6.30. The first-order chi connectivity index (χ1) is 14.7. The summed E-state index contributed by atoms with van der Waals surface area (Å²) in [4.78, 5) is 20.7. The summed E-state index contributed by atoms with van der Waals surface area (Å²) >= 11 is 1.68. The van der Waals surface area contributed by atoms with E-state index in [9.17, 15) is 10.1 Å². The minimum Gasteiger partial charge on any atom is -0.258 e. The number of nitro benzene ring substituents is 1. The number of rotatable bonds is 2. The predicted octanol–water partition coefficient (Wildman–Crippen LogP) is 6.73. The zero-order valence-electron chi connectivity index (χ0n) is 15.6. The molecule has 0 aliphatic heterocycles. The topological polar surface area (TPSA) is 68.9 Å². The molecule has 0 saturated heterocycles. The van der Waals surface area contributed by atoms with Gasteiger partial charge >= 0.3 is 0 Å². The molecule has 0 amide bonds. The molecular weight excluding hydrogens is 394 g/mol. The number of pyridine rings is 2. The largest absolute Gasteiger partial charge is 0.277 e. The lowest BCUT2D eigenvalue weighted by Gasteiger charge is -2.11. The summed E-state index contributed by atoms with van der Waals surface area (Å²) in [5.41, 5.74) is 3.09. The van der Waals surface area contributed by atoms with Gasteiger partial charge in [-0.25, -0.2) is 0 Å². The van der Waals surface area contributed by atoms with Crippen LogP contribution in [0.3, 0.4) is 0 Å². The van der Waals surface area contributed by atoms with Gasteiger partial charge in [0.15, 0.2) is 0 Å². The van der Waals surface area contributed by atoms with Crippen LogP contribution in [0.2, 0.25) is 0 Å². The minimum atomic E-state index is -0.326. The molecule has 3 aromatic heterocycles. The predicted molar refractivity (Wildman–Crippen MR) is 122 cm³/mol. The van der Waals surface area contributed by atoms with Crippen molar-refractivity contribution < 1.29 is 4.92 Å². The number of hydrogen-bond donors (Lipinski definition) is 0. The third-order valence-corrected chi connectivity index (χ3v) is 6.57. The Bertz CT molecular complexity index is 1640. The van der Waals surface area contributed by atoms with Crippen LogP contribution < -0.4 is 0 Å². The van der Waals surface area contributed by atoms with Crippen molar-refractivity contribution in [1.29, 1.82) is 0 Å². The summed E-state index contributed by atoms with van der Waals surface area (Å²) in [5, 5.41) is 15.8. The smallest absolute Gasteiger partial charge is 0.258 e. The number of aromatic nitrogens is 2. The molecule has 3 heterocycles. The Balaban J connectivity index is 1.90. The molecule has 0 saturated carbocycles. The van der Waals surface area contributed by atoms with Crippen LogP contribution in [0.15, 0.2) is 79.1 Å². The fraction of sp³-hybridized carbons (Fsp3) is 0. The Morgan fingerprint density at radius 3 is 2.50 bits per heavy atom. The van der Waals surface area contributed by atoms with E-state index in [-0.39, 0.29) is 10.6 Å².